The van der Waals surface area contributed by atoms with Gasteiger partial charge in [0.25, 0.3) is 0 Å². The van der Waals surface area contributed by atoms with Crippen LogP contribution in [0.4, 0.5) is 0 Å². The summed E-state index contributed by atoms with van der Waals surface area (Å²) in [7, 11) is 0. The van der Waals surface area contributed by atoms with Gasteiger partial charge in [0.1, 0.15) is 16.9 Å². The van der Waals surface area contributed by atoms with Gasteiger partial charge in [-0.15, -0.1) is 0 Å². The van der Waals surface area contributed by atoms with E-state index in [0.717, 1.165) is 5.56 Å². The average molecular weight is 288 g/mol. The Morgan fingerprint density at radius 2 is 1.76 bits per heavy atom. The molecule has 0 spiro atoms. The zero-order chi connectivity index (χ0) is 12.5. The molecule has 0 radical (unpaired) electrons. The number of carbonyl (C=O) groups excluding carboxylic acids is 1. The first kappa shape index (κ1) is 16.1. The van der Waals surface area contributed by atoms with E-state index < -0.39 is 11.6 Å². The molecule has 0 amide bonds. The third-order valence-corrected chi connectivity index (χ3v) is 2.06. The quantitative estimate of drug-likeness (QED) is 0.638. The van der Waals surface area contributed by atoms with Crippen LogP contribution in [-0.4, -0.2) is 16.7 Å². The molecule has 0 saturated heterocycles. The summed E-state index contributed by atoms with van der Waals surface area (Å²) in [5.41, 5.74) is 1.28. The molecule has 90 valence electrons. The molecule has 0 bridgehead atoms. The molecule has 0 unspecified atom stereocenters. The van der Waals surface area contributed by atoms with E-state index in [1.165, 1.54) is 0 Å². The van der Waals surface area contributed by atoms with Crippen molar-refractivity contribution < 1.29 is 34.1 Å². The van der Waals surface area contributed by atoms with Gasteiger partial charge < -0.3 is 9.84 Å². The minimum Gasteiger partial charge on any atom is -0.507 e. The topological polar surface area (TPSA) is 46.5 Å². The summed E-state index contributed by atoms with van der Waals surface area (Å²) in [6.45, 7) is 9.02. The number of carbonyl (C=O) groups is 1. The van der Waals surface area contributed by atoms with Crippen LogP contribution in [0, 0.1) is 13.8 Å². The molecule has 1 N–H and O–H groups in total. The third-order valence-electron chi connectivity index (χ3n) is 2.06. The molecule has 0 saturated carbocycles. The number of esters is 1. The Labute approximate surface area is 115 Å². The van der Waals surface area contributed by atoms with Gasteiger partial charge in [-0.1, -0.05) is 6.07 Å². The zero-order valence-electron chi connectivity index (χ0n) is 11.1. The molecular weight excluding hydrogens is 270 g/mol. The van der Waals surface area contributed by atoms with Crippen LogP contribution in [-0.2, 0) is 24.2 Å². The number of phenols is 1. The zero-order valence-corrected chi connectivity index (χ0v) is 14.1. The van der Waals surface area contributed by atoms with Crippen molar-refractivity contribution in [3.8, 4) is 5.75 Å². The van der Waals surface area contributed by atoms with E-state index in [1.54, 1.807) is 33.8 Å². The van der Waals surface area contributed by atoms with Crippen LogP contribution >= 0.6 is 0 Å². The number of aryl methyl sites for hydroxylation is 2. The summed E-state index contributed by atoms with van der Waals surface area (Å²) in [6.07, 6.45) is 0. The molecule has 3 nitrogen and oxygen atoms in total. The van der Waals surface area contributed by atoms with Crippen LogP contribution in [0.25, 0.3) is 0 Å². The van der Waals surface area contributed by atoms with Crippen LogP contribution in [0.2, 0.25) is 0 Å². The van der Waals surface area contributed by atoms with Crippen molar-refractivity contribution in [3.05, 3.63) is 28.8 Å². The molecule has 0 aromatic heterocycles. The van der Waals surface area contributed by atoms with E-state index in [4.69, 9.17) is 4.74 Å². The maximum absolute atomic E-state index is 11.8. The number of hydrogen-bond donors (Lipinski definition) is 1. The average Bonchev–Trinajstić information content (AvgIpc) is 2.08. The molecule has 0 atom stereocenters. The van der Waals surface area contributed by atoms with Crippen molar-refractivity contribution in [2.45, 2.75) is 40.2 Å². The second-order valence-electron chi connectivity index (χ2n) is 4.98. The molecule has 0 fully saturated rings. The van der Waals surface area contributed by atoms with Gasteiger partial charge in [0, 0.05) is 19.5 Å². The fraction of sp³-hybridized carbons (Fsp3) is 0.462. The number of rotatable bonds is 1. The van der Waals surface area contributed by atoms with Crippen molar-refractivity contribution in [2.75, 3.05) is 0 Å². The summed E-state index contributed by atoms with van der Waals surface area (Å²) >= 11 is 0. The first-order valence-corrected chi connectivity index (χ1v) is 5.24. The monoisotopic (exact) mass is 286 g/mol. The summed E-state index contributed by atoms with van der Waals surface area (Å²) in [6, 6.07) is 3.46. The second kappa shape index (κ2) is 5.64. The maximum Gasteiger partial charge on any atom is 0.342 e. The molecule has 0 aliphatic carbocycles. The molecule has 0 aliphatic rings. The molecule has 17 heavy (non-hydrogen) atoms. The largest absolute Gasteiger partial charge is 0.507 e. The van der Waals surface area contributed by atoms with E-state index >= 15 is 0 Å². The number of hydrogen-bond acceptors (Lipinski definition) is 3. The van der Waals surface area contributed by atoms with Gasteiger partial charge in [0.2, 0.25) is 0 Å². The molecular formula is C13H18O3Zn. The van der Waals surface area contributed by atoms with Crippen molar-refractivity contribution in [2.24, 2.45) is 0 Å². The van der Waals surface area contributed by atoms with E-state index in [1.807, 2.05) is 13.0 Å². The van der Waals surface area contributed by atoms with Crippen LogP contribution in [0.3, 0.4) is 0 Å². The van der Waals surface area contributed by atoms with Crippen LogP contribution in [0.5, 0.6) is 5.75 Å². The van der Waals surface area contributed by atoms with Crippen LogP contribution in [0.15, 0.2) is 12.1 Å². The first-order chi connectivity index (χ1) is 7.20. The Hall–Kier alpha value is -0.887. The van der Waals surface area contributed by atoms with Crippen LogP contribution in [0.1, 0.15) is 42.3 Å². The Balaban J connectivity index is 0.00000256. The van der Waals surface area contributed by atoms with Crippen molar-refractivity contribution >= 4 is 5.97 Å². The summed E-state index contributed by atoms with van der Waals surface area (Å²) < 4.78 is 5.22. The molecule has 0 heterocycles. The van der Waals surface area contributed by atoms with Gasteiger partial charge >= 0.3 is 5.97 Å². The van der Waals surface area contributed by atoms with E-state index in [-0.39, 0.29) is 30.8 Å². The van der Waals surface area contributed by atoms with Gasteiger partial charge in [-0.3, -0.25) is 0 Å². The standard InChI is InChI=1S/C13H18O3.Zn/c1-8-6-9(2)11(14)10(7-8)12(15)16-13(3,4)5;/h6-7,14H,1-5H3;. The normalized spacial score (nSPS) is 10.6. The smallest absolute Gasteiger partial charge is 0.342 e. The van der Waals surface area contributed by atoms with Gasteiger partial charge in [0.05, 0.1) is 0 Å². The number of phenolic OH excluding ortho intramolecular Hbond substituents is 1. The first-order valence-electron chi connectivity index (χ1n) is 5.24. The van der Waals surface area contributed by atoms with E-state index in [0.29, 0.717) is 5.56 Å². The Morgan fingerprint density at radius 3 is 2.24 bits per heavy atom. The minimum absolute atomic E-state index is 0. The van der Waals surface area contributed by atoms with Gasteiger partial charge in [-0.2, -0.15) is 0 Å². The molecule has 0 aliphatic heterocycles. The van der Waals surface area contributed by atoms with Gasteiger partial charge in [-0.25, -0.2) is 4.79 Å². The number of aromatic hydroxyl groups is 1. The fourth-order valence-electron chi connectivity index (χ4n) is 1.45. The van der Waals surface area contributed by atoms with Crippen molar-refractivity contribution in [1.82, 2.24) is 0 Å². The van der Waals surface area contributed by atoms with Crippen molar-refractivity contribution in [1.29, 1.82) is 0 Å². The number of benzene rings is 1. The van der Waals surface area contributed by atoms with Crippen LogP contribution < -0.4 is 0 Å². The van der Waals surface area contributed by atoms with Gasteiger partial charge in [0.15, 0.2) is 0 Å². The summed E-state index contributed by atoms with van der Waals surface area (Å²) in [5.74, 6) is -0.489. The Kier molecular flexibility index (Phi) is 5.34. The van der Waals surface area contributed by atoms with Gasteiger partial charge in [-0.05, 0) is 51.8 Å². The molecule has 1 aromatic carbocycles. The molecule has 4 heteroatoms. The maximum atomic E-state index is 11.8. The fourth-order valence-corrected chi connectivity index (χ4v) is 1.45. The summed E-state index contributed by atoms with van der Waals surface area (Å²) in [4.78, 5) is 11.8. The molecule has 1 aromatic rings. The second-order valence-corrected chi connectivity index (χ2v) is 4.98. The Morgan fingerprint density at radius 1 is 1.24 bits per heavy atom. The predicted octanol–water partition coefficient (Wildman–Crippen LogP) is 2.96. The minimum atomic E-state index is -0.554. The van der Waals surface area contributed by atoms with E-state index in [9.17, 15) is 9.90 Å². The third kappa shape index (κ3) is 4.47. The Bertz CT molecular complexity index is 419. The number of ether oxygens (including phenoxy) is 1. The SMILES string of the molecule is Cc1cc(C)c(O)c(C(=O)OC(C)(C)C)c1.[Zn]. The predicted molar refractivity (Wildman–Crippen MR) is 62.7 cm³/mol. The molecule has 1 rings (SSSR count). The summed E-state index contributed by atoms with van der Waals surface area (Å²) in [5, 5.41) is 9.79. The van der Waals surface area contributed by atoms with Crippen molar-refractivity contribution in [3.63, 3.8) is 0 Å². The van der Waals surface area contributed by atoms with E-state index in [2.05, 4.69) is 0 Å².